The Morgan fingerprint density at radius 2 is 1.40 bits per heavy atom. The highest BCUT2D eigenvalue weighted by molar-refractivity contribution is 6.92. The van der Waals surface area contributed by atoms with Crippen molar-refractivity contribution in [2.24, 2.45) is 0 Å². The molecule has 1 atom stereocenters. The number of hydrogen-bond acceptors (Lipinski definition) is 3. The summed E-state index contributed by atoms with van der Waals surface area (Å²) in [5.41, 5.74) is 1.58. The molecule has 0 spiro atoms. The second kappa shape index (κ2) is 6.01. The Kier molecular flexibility index (Phi) is 7.75. The van der Waals surface area contributed by atoms with Crippen LogP contribution in [0.1, 0.15) is 0 Å². The lowest BCUT2D eigenvalue weighted by Crippen LogP contribution is -2.40. The topological polar surface area (TPSA) is 27.7 Å². The summed E-state index contributed by atoms with van der Waals surface area (Å²) in [4.78, 5) is 0. The van der Waals surface area contributed by atoms with Gasteiger partial charge in [-0.2, -0.15) is 9.90 Å². The van der Waals surface area contributed by atoms with E-state index in [2.05, 4.69) is 6.58 Å². The molecule has 0 radical (unpaired) electrons. The lowest BCUT2D eigenvalue weighted by Gasteiger charge is -2.19. The molecule has 0 N–H and O–H groups in total. The zero-order valence-corrected chi connectivity index (χ0v) is 9.13. The second-order valence-corrected chi connectivity index (χ2v) is 4.26. The van der Waals surface area contributed by atoms with Gasteiger partial charge in [0.05, 0.1) is 0 Å². The monoisotopic (exact) mass is 182 g/mol. The van der Waals surface area contributed by atoms with Gasteiger partial charge in [0.1, 0.15) is 0 Å². The summed E-state index contributed by atoms with van der Waals surface area (Å²) in [7, 11) is 2.20. The van der Waals surface area contributed by atoms with Crippen LogP contribution in [0.3, 0.4) is 0 Å². The molecule has 1 unspecified atom stereocenters. The van der Waals surface area contributed by atoms with Crippen LogP contribution in [0.4, 0.5) is 0 Å². The Hall–Kier alpha value is 0.267. The van der Waals surface area contributed by atoms with Gasteiger partial charge in [0, 0.05) is 21.3 Å². The van der Waals surface area contributed by atoms with E-state index in [0.29, 0.717) is 0 Å². The molecule has 10 heavy (non-hydrogen) atoms. The highest BCUT2D eigenvalue weighted by atomic mass is 31.0. The largest absolute Gasteiger partial charge is 0.528 e. The summed E-state index contributed by atoms with van der Waals surface area (Å²) in [6.07, 6.45) is 0. The fourth-order valence-corrected chi connectivity index (χ4v) is 1.50. The Morgan fingerprint density at radius 1 is 1.10 bits per heavy atom. The van der Waals surface area contributed by atoms with Gasteiger partial charge in [0.25, 0.3) is 0 Å². The Labute approximate surface area is 66.4 Å². The van der Waals surface area contributed by atoms with Crippen molar-refractivity contribution >= 4 is 18.7 Å². The van der Waals surface area contributed by atoms with Crippen molar-refractivity contribution in [1.29, 1.82) is 0 Å². The molecule has 0 saturated carbocycles. The molecular weight excluding hydrogens is 167 g/mol. The molecule has 0 aromatic carbocycles. The van der Waals surface area contributed by atoms with Crippen LogP contribution in [0.25, 0.3) is 0 Å². The predicted molar refractivity (Wildman–Crippen MR) is 48.1 cm³/mol. The smallest absolute Gasteiger partial charge is 0.374 e. The highest BCUT2D eigenvalue weighted by Crippen LogP contribution is 2.04. The summed E-state index contributed by atoms with van der Waals surface area (Å²) in [6.45, 7) is 3.53. The summed E-state index contributed by atoms with van der Waals surface area (Å²) in [5.74, 6) is 0. The molecule has 0 bridgehead atoms. The third-order valence-corrected chi connectivity index (χ3v) is 3.31. The normalized spacial score (nSPS) is 10.3. The third-order valence-electron chi connectivity index (χ3n) is 1.10. The minimum Gasteiger partial charge on any atom is -0.374 e. The fraction of sp³-hybridized carbons (Fsp3) is 0.600. The average molecular weight is 182 g/mol. The lowest BCUT2D eigenvalue weighted by molar-refractivity contribution is 0.138. The molecule has 0 amide bonds. The van der Waals surface area contributed by atoms with Gasteiger partial charge in [-0.15, -0.1) is 0 Å². The maximum atomic E-state index is 4.96. The van der Waals surface area contributed by atoms with Crippen molar-refractivity contribution in [1.82, 2.24) is 0 Å². The average Bonchev–Trinajstić information content (AvgIpc) is 1.95. The molecule has 0 fully saturated rings. The van der Waals surface area contributed by atoms with Crippen molar-refractivity contribution in [3.63, 3.8) is 0 Å². The first kappa shape index (κ1) is 12.9. The summed E-state index contributed by atoms with van der Waals surface area (Å²) < 4.78 is 14.9. The molecule has 0 aliphatic heterocycles. The van der Waals surface area contributed by atoms with E-state index in [-0.39, 0.29) is 9.90 Å². The van der Waals surface area contributed by atoms with E-state index in [0.717, 1.165) is 0 Å². The maximum absolute atomic E-state index is 4.96. The molecule has 0 aromatic heterocycles. The van der Waals surface area contributed by atoms with Crippen LogP contribution in [0.15, 0.2) is 12.3 Å². The van der Waals surface area contributed by atoms with Gasteiger partial charge in [-0.1, -0.05) is 6.58 Å². The van der Waals surface area contributed by atoms with Crippen molar-refractivity contribution < 1.29 is 13.3 Å². The molecule has 0 rings (SSSR count). The zero-order chi connectivity index (χ0) is 7.33. The Morgan fingerprint density at radius 3 is 1.40 bits per heavy atom. The van der Waals surface area contributed by atoms with E-state index in [9.17, 15) is 0 Å². The van der Waals surface area contributed by atoms with Crippen LogP contribution in [0, 0.1) is 0 Å². The minimum absolute atomic E-state index is 0. The van der Waals surface area contributed by atoms with Gasteiger partial charge in [-0.3, -0.25) is 0 Å². The summed E-state index contributed by atoms with van der Waals surface area (Å²) >= 11 is 0. The van der Waals surface area contributed by atoms with E-state index in [1.165, 1.54) is 0 Å². The summed E-state index contributed by atoms with van der Waals surface area (Å²) in [6, 6.07) is 0. The van der Waals surface area contributed by atoms with Gasteiger partial charge in [-0.05, 0) is 5.70 Å². The van der Waals surface area contributed by atoms with E-state index in [1.807, 2.05) is 0 Å². The van der Waals surface area contributed by atoms with E-state index in [1.54, 1.807) is 27.0 Å². The van der Waals surface area contributed by atoms with E-state index < -0.39 is 8.80 Å². The van der Waals surface area contributed by atoms with Gasteiger partial charge in [0.2, 0.25) is 0 Å². The highest BCUT2D eigenvalue weighted by Gasteiger charge is 2.33. The van der Waals surface area contributed by atoms with E-state index in [4.69, 9.17) is 13.3 Å². The van der Waals surface area contributed by atoms with Gasteiger partial charge in [-0.25, -0.2) is 0 Å². The molecule has 0 saturated heterocycles. The zero-order valence-electron chi connectivity index (χ0n) is 6.72. The van der Waals surface area contributed by atoms with Crippen molar-refractivity contribution in [2.75, 3.05) is 21.3 Å². The Balaban J connectivity index is 0. The first-order valence-corrected chi connectivity index (χ1v) is 4.34. The minimum atomic E-state index is -2.43. The van der Waals surface area contributed by atoms with Crippen molar-refractivity contribution in [3.8, 4) is 0 Å². The van der Waals surface area contributed by atoms with Crippen LogP contribution >= 0.6 is 9.90 Å². The van der Waals surface area contributed by atoms with Crippen LogP contribution in [-0.4, -0.2) is 30.1 Å². The van der Waals surface area contributed by atoms with Crippen LogP contribution < -0.4 is 0 Å². The number of hydrogen-bond donors (Lipinski definition) is 0. The van der Waals surface area contributed by atoms with Crippen molar-refractivity contribution in [3.05, 3.63) is 12.3 Å². The van der Waals surface area contributed by atoms with E-state index >= 15 is 0 Å². The molecule has 62 valence electrons. The third kappa shape index (κ3) is 2.90. The van der Waals surface area contributed by atoms with Crippen LogP contribution in [0.2, 0.25) is 0 Å². The van der Waals surface area contributed by atoms with Gasteiger partial charge >= 0.3 is 8.80 Å². The van der Waals surface area contributed by atoms with Gasteiger partial charge < -0.3 is 13.3 Å². The molecule has 3 nitrogen and oxygen atoms in total. The second-order valence-electron chi connectivity index (χ2n) is 1.42. The van der Waals surface area contributed by atoms with Crippen molar-refractivity contribution in [2.45, 2.75) is 0 Å². The first-order valence-electron chi connectivity index (χ1n) is 2.53. The molecule has 5 heteroatoms. The van der Waals surface area contributed by atoms with Gasteiger partial charge in [0.15, 0.2) is 0 Å². The first-order chi connectivity index (χ1) is 4.24. The quantitative estimate of drug-likeness (QED) is 0.472. The lowest BCUT2D eigenvalue weighted by atomic mass is 11.3. The summed E-state index contributed by atoms with van der Waals surface area (Å²) in [5, 5.41) is 0. The standard InChI is InChI=1S/C5H12O3Si.H3P/c1-5-9(6-2,7-3)8-4;/h5H,1H2,2-4H3;1H3. The molecule has 0 aliphatic carbocycles. The molecule has 0 aromatic rings. The SMILES string of the molecule is C=C[Si](OC)(OC)OC.P. The molecule has 0 aliphatic rings. The van der Waals surface area contributed by atoms with Crippen LogP contribution in [0.5, 0.6) is 0 Å². The molecule has 0 heterocycles. The molecular formula is C5H15O3PSi. The fourth-order valence-electron chi connectivity index (χ4n) is 0.500. The number of rotatable bonds is 4. The maximum Gasteiger partial charge on any atom is 0.528 e. The predicted octanol–water partition coefficient (Wildman–Crippen LogP) is 0.648. The van der Waals surface area contributed by atoms with Crippen LogP contribution in [-0.2, 0) is 13.3 Å². The Bertz CT molecular complexity index is 86.6.